The van der Waals surface area contributed by atoms with Gasteiger partial charge in [0.15, 0.2) is 28.3 Å². The fourth-order valence-electron chi connectivity index (χ4n) is 4.07. The normalized spacial score (nSPS) is 12.4. The van der Waals surface area contributed by atoms with E-state index in [1.807, 2.05) is 61.9 Å². The number of nitrogens with zero attached hydrogens (tertiary/aromatic N) is 4. The second kappa shape index (κ2) is 8.44. The summed E-state index contributed by atoms with van der Waals surface area (Å²) in [5.41, 5.74) is 5.73. The Hall–Kier alpha value is -3.52. The molecule has 0 aliphatic carbocycles. The van der Waals surface area contributed by atoms with Crippen LogP contribution in [0.3, 0.4) is 0 Å². The van der Waals surface area contributed by atoms with Crippen LogP contribution >= 0.6 is 11.8 Å². The second-order valence-corrected chi connectivity index (χ2v) is 9.04. The first kappa shape index (κ1) is 21.3. The lowest BCUT2D eigenvalue weighted by atomic mass is 10.1. The molecule has 0 amide bonds. The molecule has 2 aromatic heterocycles. The molecule has 0 saturated carbocycles. The molecule has 4 aromatic rings. The van der Waals surface area contributed by atoms with Crippen LogP contribution in [0.1, 0.15) is 27.3 Å². The third kappa shape index (κ3) is 3.91. The highest BCUT2D eigenvalue weighted by molar-refractivity contribution is 7.99. The van der Waals surface area contributed by atoms with Crippen molar-refractivity contribution in [3.8, 4) is 28.6 Å². The summed E-state index contributed by atoms with van der Waals surface area (Å²) in [6.45, 7) is 6.25. The summed E-state index contributed by atoms with van der Waals surface area (Å²) in [6.07, 6.45) is 0. The Bertz CT molecular complexity index is 1350. The minimum absolute atomic E-state index is 0.0555. The van der Waals surface area contributed by atoms with E-state index in [0.717, 1.165) is 40.0 Å². The average molecular weight is 461 g/mol. The van der Waals surface area contributed by atoms with Gasteiger partial charge in [-0.3, -0.25) is 4.79 Å². The molecule has 0 unspecified atom stereocenters. The molecule has 0 fully saturated rings. The van der Waals surface area contributed by atoms with Crippen LogP contribution in [0.25, 0.3) is 17.1 Å². The number of ketones is 1. The number of aryl methyl sites for hydroxylation is 2. The van der Waals surface area contributed by atoms with Crippen LogP contribution in [-0.2, 0) is 7.05 Å². The van der Waals surface area contributed by atoms with Gasteiger partial charge in [0.1, 0.15) is 0 Å². The lowest BCUT2D eigenvalue weighted by Gasteiger charge is -2.10. The van der Waals surface area contributed by atoms with E-state index >= 15 is 0 Å². The monoisotopic (exact) mass is 460 g/mol. The zero-order valence-corrected chi connectivity index (χ0v) is 19.8. The highest BCUT2D eigenvalue weighted by Gasteiger charge is 2.20. The predicted octanol–water partition coefficient (Wildman–Crippen LogP) is 4.90. The van der Waals surface area contributed by atoms with E-state index in [9.17, 15) is 4.79 Å². The van der Waals surface area contributed by atoms with E-state index in [0.29, 0.717) is 10.7 Å². The summed E-state index contributed by atoms with van der Waals surface area (Å²) in [6, 6.07) is 15.9. The lowest BCUT2D eigenvalue weighted by Crippen LogP contribution is -2.06. The van der Waals surface area contributed by atoms with Crippen LogP contribution in [0.5, 0.6) is 11.5 Å². The molecule has 1 aliphatic rings. The van der Waals surface area contributed by atoms with Crippen molar-refractivity contribution in [1.82, 2.24) is 19.3 Å². The highest BCUT2D eigenvalue weighted by atomic mass is 32.2. The molecular weight excluding hydrogens is 436 g/mol. The molecule has 0 spiro atoms. The number of carbonyl (C=O) groups is 1. The van der Waals surface area contributed by atoms with E-state index in [1.54, 1.807) is 0 Å². The summed E-state index contributed by atoms with van der Waals surface area (Å²) in [4.78, 5) is 13.1. The molecule has 0 atom stereocenters. The van der Waals surface area contributed by atoms with Gasteiger partial charge >= 0.3 is 0 Å². The van der Waals surface area contributed by atoms with Crippen LogP contribution in [0.4, 0.5) is 0 Å². The van der Waals surface area contributed by atoms with Crippen LogP contribution in [0.2, 0.25) is 0 Å². The van der Waals surface area contributed by atoms with Crippen molar-refractivity contribution in [2.75, 3.05) is 12.5 Å². The number of thioether (sulfide) groups is 1. The number of aromatic nitrogens is 4. The fraction of sp³-hybridized carbons (Fsp3) is 0.240. The topological polar surface area (TPSA) is 71.2 Å². The molecule has 0 bridgehead atoms. The van der Waals surface area contributed by atoms with E-state index in [4.69, 9.17) is 9.47 Å². The van der Waals surface area contributed by atoms with Gasteiger partial charge < -0.3 is 18.6 Å². The molecule has 168 valence electrons. The molecule has 0 radical (unpaired) electrons. The molecule has 33 heavy (non-hydrogen) atoms. The van der Waals surface area contributed by atoms with Gasteiger partial charge in [-0.1, -0.05) is 41.6 Å². The largest absolute Gasteiger partial charge is 0.454 e. The maximum absolute atomic E-state index is 13.1. The number of hydrogen-bond donors (Lipinski definition) is 0. The van der Waals surface area contributed by atoms with Crippen molar-refractivity contribution in [3.63, 3.8) is 0 Å². The van der Waals surface area contributed by atoms with Gasteiger partial charge in [0.2, 0.25) is 6.79 Å². The molecule has 7 nitrogen and oxygen atoms in total. The number of carbonyl (C=O) groups excluding carboxylic acids is 1. The molecule has 5 rings (SSSR count). The minimum atomic E-state index is 0.0555. The van der Waals surface area contributed by atoms with Crippen molar-refractivity contribution in [2.45, 2.75) is 25.9 Å². The second-order valence-electron chi connectivity index (χ2n) is 8.10. The summed E-state index contributed by atoms with van der Waals surface area (Å²) in [5, 5.41) is 9.34. The van der Waals surface area contributed by atoms with Crippen molar-refractivity contribution in [3.05, 3.63) is 71.0 Å². The van der Waals surface area contributed by atoms with Crippen LogP contribution in [0.15, 0.2) is 53.7 Å². The van der Waals surface area contributed by atoms with Gasteiger partial charge in [-0.05, 0) is 39.0 Å². The Balaban J connectivity index is 1.34. The van der Waals surface area contributed by atoms with E-state index in [2.05, 4.69) is 33.8 Å². The summed E-state index contributed by atoms with van der Waals surface area (Å²) in [5.74, 6) is 2.58. The van der Waals surface area contributed by atoms with E-state index in [-0.39, 0.29) is 18.3 Å². The number of benzene rings is 2. The molecule has 0 saturated heterocycles. The van der Waals surface area contributed by atoms with Crippen molar-refractivity contribution >= 4 is 17.5 Å². The Morgan fingerprint density at radius 3 is 2.55 bits per heavy atom. The molecule has 8 heteroatoms. The first-order chi connectivity index (χ1) is 15.9. The predicted molar refractivity (Wildman–Crippen MR) is 128 cm³/mol. The lowest BCUT2D eigenvalue weighted by molar-refractivity contribution is 0.102. The summed E-state index contributed by atoms with van der Waals surface area (Å²) < 4.78 is 14.9. The summed E-state index contributed by atoms with van der Waals surface area (Å²) >= 11 is 1.40. The quantitative estimate of drug-likeness (QED) is 0.301. The number of rotatable bonds is 6. The molecule has 3 heterocycles. The highest BCUT2D eigenvalue weighted by Crippen LogP contribution is 2.35. The molecule has 1 aliphatic heterocycles. The maximum Gasteiger partial charge on any atom is 0.231 e. The minimum Gasteiger partial charge on any atom is -0.454 e. The summed E-state index contributed by atoms with van der Waals surface area (Å²) in [7, 11) is 1.92. The molecule has 0 N–H and O–H groups in total. The smallest absolute Gasteiger partial charge is 0.231 e. The number of ether oxygens (including phenoxy) is 2. The van der Waals surface area contributed by atoms with Gasteiger partial charge in [-0.25, -0.2) is 0 Å². The maximum atomic E-state index is 13.1. The molecule has 2 aromatic carbocycles. The fourth-order valence-corrected chi connectivity index (χ4v) is 4.86. The van der Waals surface area contributed by atoms with E-state index < -0.39 is 0 Å². The van der Waals surface area contributed by atoms with Gasteiger partial charge in [0.25, 0.3) is 0 Å². The third-order valence-corrected chi connectivity index (χ3v) is 6.84. The first-order valence-corrected chi connectivity index (χ1v) is 11.6. The number of Topliss-reactive ketones (excluding diaryl/α,β-unsaturated/α-hetero) is 1. The zero-order chi connectivity index (χ0) is 23.1. The Labute approximate surface area is 196 Å². The van der Waals surface area contributed by atoms with Crippen molar-refractivity contribution in [2.24, 2.45) is 7.05 Å². The number of fused-ring (bicyclic) bond motifs is 1. The standard InChI is InChI=1S/C25H24N4O3S/c1-15-5-7-18(8-6-15)24-26-27-25(28(24)4)33-13-21(30)20-11-16(2)29(17(20)3)19-9-10-22-23(12-19)32-14-31-22/h5-12H,13-14H2,1-4H3. The van der Waals surface area contributed by atoms with Crippen LogP contribution in [0, 0.1) is 20.8 Å². The van der Waals surface area contributed by atoms with Crippen molar-refractivity contribution < 1.29 is 14.3 Å². The Morgan fingerprint density at radius 1 is 1.00 bits per heavy atom. The zero-order valence-electron chi connectivity index (χ0n) is 19.0. The molecular formula is C25H24N4O3S. The van der Waals surface area contributed by atoms with E-state index in [1.165, 1.54) is 17.3 Å². The Morgan fingerprint density at radius 2 is 1.76 bits per heavy atom. The van der Waals surface area contributed by atoms with Gasteiger partial charge in [-0.2, -0.15) is 0 Å². The average Bonchev–Trinajstić information content (AvgIpc) is 3.49. The van der Waals surface area contributed by atoms with Crippen molar-refractivity contribution in [1.29, 1.82) is 0 Å². The van der Waals surface area contributed by atoms with Gasteiger partial charge in [-0.15, -0.1) is 10.2 Å². The van der Waals surface area contributed by atoms with Crippen LogP contribution < -0.4 is 9.47 Å². The Kier molecular flexibility index (Phi) is 5.46. The van der Waals surface area contributed by atoms with Crippen LogP contribution in [-0.4, -0.2) is 37.7 Å². The van der Waals surface area contributed by atoms with Gasteiger partial charge in [0, 0.05) is 41.3 Å². The van der Waals surface area contributed by atoms with Gasteiger partial charge in [0.05, 0.1) is 5.75 Å². The SMILES string of the molecule is Cc1ccc(-c2nnc(SCC(=O)c3cc(C)n(-c4ccc5c(c4)OCO5)c3C)n2C)cc1. The number of hydrogen-bond acceptors (Lipinski definition) is 6. The first-order valence-electron chi connectivity index (χ1n) is 10.6. The third-order valence-electron chi connectivity index (χ3n) is 5.82.